The summed E-state index contributed by atoms with van der Waals surface area (Å²) in [7, 11) is 0. The second kappa shape index (κ2) is 7.04. The number of carboxylic acids is 1. The van der Waals surface area contributed by atoms with Gasteiger partial charge in [-0.25, -0.2) is 4.79 Å². The molecule has 1 saturated heterocycles. The number of nitrogens with zero attached hydrogens (tertiary/aromatic N) is 1. The molecule has 1 aromatic rings. The van der Waals surface area contributed by atoms with Gasteiger partial charge in [0.15, 0.2) is 0 Å². The fraction of sp³-hybridized carbons (Fsp3) is 0.375. The van der Waals surface area contributed by atoms with Gasteiger partial charge in [-0.3, -0.25) is 4.79 Å². The zero-order valence-corrected chi connectivity index (χ0v) is 12.6. The summed E-state index contributed by atoms with van der Waals surface area (Å²) in [5, 5.41) is 9.15. The number of likely N-dealkylation sites (tertiary alicyclic amines) is 1. The Bertz CT molecular complexity index is 644. The molecular formula is C16H16F3NO4. The molecule has 1 aromatic carbocycles. The first-order chi connectivity index (χ1) is 11.2. The van der Waals surface area contributed by atoms with Crippen LogP contribution in [0.3, 0.4) is 0 Å². The molecule has 1 aliphatic heterocycles. The standard InChI is InChI=1S/C16H16F3NO4/c1-2-14(21)20-8-12(7-13(20)15(22)23)24-9-10-4-3-5-11(6-10)16(17,18)19/h2-6,12-13H,1,7-9H2,(H,22,23)/t12-,13+/m1/s1. The summed E-state index contributed by atoms with van der Waals surface area (Å²) < 4.78 is 43.5. The van der Waals surface area contributed by atoms with Gasteiger partial charge in [-0.15, -0.1) is 0 Å². The molecular weight excluding hydrogens is 327 g/mol. The summed E-state index contributed by atoms with van der Waals surface area (Å²) >= 11 is 0. The smallest absolute Gasteiger partial charge is 0.416 e. The van der Waals surface area contributed by atoms with Crippen molar-refractivity contribution in [2.24, 2.45) is 0 Å². The van der Waals surface area contributed by atoms with Crippen LogP contribution in [0, 0.1) is 0 Å². The van der Waals surface area contributed by atoms with Gasteiger partial charge in [0.05, 0.1) is 18.3 Å². The summed E-state index contributed by atoms with van der Waals surface area (Å²) in [6.07, 6.45) is -3.91. The van der Waals surface area contributed by atoms with Gasteiger partial charge in [-0.1, -0.05) is 18.7 Å². The van der Waals surface area contributed by atoms with E-state index < -0.39 is 35.8 Å². The Kier molecular flexibility index (Phi) is 5.28. The minimum absolute atomic E-state index is 0.0563. The van der Waals surface area contributed by atoms with Crippen molar-refractivity contribution in [3.05, 3.63) is 48.0 Å². The molecule has 0 spiro atoms. The Balaban J connectivity index is 2.01. The van der Waals surface area contributed by atoms with E-state index in [0.717, 1.165) is 23.1 Å². The Labute approximate surface area is 136 Å². The van der Waals surface area contributed by atoms with E-state index in [1.54, 1.807) is 0 Å². The number of hydrogen-bond donors (Lipinski definition) is 1. The lowest BCUT2D eigenvalue weighted by atomic mass is 10.1. The van der Waals surface area contributed by atoms with E-state index in [2.05, 4.69) is 6.58 Å². The molecule has 0 aromatic heterocycles. The number of aliphatic carboxylic acids is 1. The molecule has 0 saturated carbocycles. The third kappa shape index (κ3) is 4.14. The number of ether oxygens (including phenoxy) is 1. The molecule has 1 aliphatic rings. The summed E-state index contributed by atoms with van der Waals surface area (Å²) in [4.78, 5) is 24.0. The molecule has 1 heterocycles. The monoisotopic (exact) mass is 343 g/mol. The van der Waals surface area contributed by atoms with Crippen LogP contribution in [-0.4, -0.2) is 40.6 Å². The Morgan fingerprint density at radius 2 is 2.12 bits per heavy atom. The number of carbonyl (C=O) groups excluding carboxylic acids is 1. The number of rotatable bonds is 5. The second-order valence-electron chi connectivity index (χ2n) is 5.42. The summed E-state index contributed by atoms with van der Waals surface area (Å²) in [5.41, 5.74) is -0.452. The third-order valence-corrected chi connectivity index (χ3v) is 3.75. The first-order valence-electron chi connectivity index (χ1n) is 7.16. The van der Waals surface area contributed by atoms with Crippen LogP contribution in [0.15, 0.2) is 36.9 Å². The second-order valence-corrected chi connectivity index (χ2v) is 5.42. The minimum Gasteiger partial charge on any atom is -0.480 e. The minimum atomic E-state index is -4.44. The highest BCUT2D eigenvalue weighted by atomic mass is 19.4. The Morgan fingerprint density at radius 1 is 1.42 bits per heavy atom. The zero-order valence-electron chi connectivity index (χ0n) is 12.6. The molecule has 1 amide bonds. The Hall–Kier alpha value is -2.35. The average molecular weight is 343 g/mol. The fourth-order valence-corrected chi connectivity index (χ4v) is 2.56. The molecule has 5 nitrogen and oxygen atoms in total. The number of carbonyl (C=O) groups is 2. The summed E-state index contributed by atoms with van der Waals surface area (Å²) in [6.45, 7) is 3.27. The number of amides is 1. The number of carboxylic acid groups (broad SMARTS) is 1. The van der Waals surface area contributed by atoms with E-state index in [4.69, 9.17) is 9.84 Å². The van der Waals surface area contributed by atoms with Crippen molar-refractivity contribution in [1.82, 2.24) is 4.90 Å². The predicted octanol–water partition coefficient (Wildman–Crippen LogP) is 2.46. The SMILES string of the molecule is C=CC(=O)N1C[C@H](OCc2cccc(C(F)(F)F)c2)C[C@H]1C(=O)O. The van der Waals surface area contributed by atoms with Crippen LogP contribution in [0.4, 0.5) is 13.2 Å². The number of alkyl halides is 3. The van der Waals surface area contributed by atoms with Gasteiger partial charge in [0.2, 0.25) is 5.91 Å². The van der Waals surface area contributed by atoms with E-state index in [0.29, 0.717) is 5.56 Å². The van der Waals surface area contributed by atoms with Crippen molar-refractivity contribution in [1.29, 1.82) is 0 Å². The number of halogens is 3. The van der Waals surface area contributed by atoms with E-state index in [1.807, 2.05) is 0 Å². The van der Waals surface area contributed by atoms with Crippen LogP contribution in [-0.2, 0) is 27.1 Å². The van der Waals surface area contributed by atoms with Gasteiger partial charge in [-0.2, -0.15) is 13.2 Å². The Morgan fingerprint density at radius 3 is 2.71 bits per heavy atom. The normalized spacial score (nSPS) is 20.9. The molecule has 130 valence electrons. The summed E-state index contributed by atoms with van der Waals surface area (Å²) in [6, 6.07) is 3.69. The molecule has 1 N–H and O–H groups in total. The highest BCUT2D eigenvalue weighted by molar-refractivity contribution is 5.91. The van der Waals surface area contributed by atoms with Crippen molar-refractivity contribution >= 4 is 11.9 Å². The van der Waals surface area contributed by atoms with Crippen LogP contribution in [0.25, 0.3) is 0 Å². The molecule has 2 atom stereocenters. The van der Waals surface area contributed by atoms with E-state index in [-0.39, 0.29) is 19.6 Å². The van der Waals surface area contributed by atoms with Gasteiger partial charge in [0.1, 0.15) is 6.04 Å². The van der Waals surface area contributed by atoms with Crippen LogP contribution >= 0.6 is 0 Å². The van der Waals surface area contributed by atoms with Gasteiger partial charge >= 0.3 is 12.1 Å². The molecule has 24 heavy (non-hydrogen) atoms. The van der Waals surface area contributed by atoms with Crippen LogP contribution in [0.2, 0.25) is 0 Å². The quantitative estimate of drug-likeness (QED) is 0.834. The van der Waals surface area contributed by atoms with E-state index in [1.165, 1.54) is 12.1 Å². The molecule has 0 aliphatic carbocycles. The first kappa shape index (κ1) is 18.0. The van der Waals surface area contributed by atoms with Gasteiger partial charge in [0.25, 0.3) is 0 Å². The van der Waals surface area contributed by atoms with Crippen molar-refractivity contribution in [3.63, 3.8) is 0 Å². The van der Waals surface area contributed by atoms with Crippen LogP contribution in [0.5, 0.6) is 0 Å². The highest BCUT2D eigenvalue weighted by Crippen LogP contribution is 2.30. The van der Waals surface area contributed by atoms with Crippen LogP contribution < -0.4 is 0 Å². The lowest BCUT2D eigenvalue weighted by Crippen LogP contribution is -2.39. The molecule has 2 rings (SSSR count). The molecule has 0 unspecified atom stereocenters. The first-order valence-corrected chi connectivity index (χ1v) is 7.16. The highest BCUT2D eigenvalue weighted by Gasteiger charge is 2.39. The largest absolute Gasteiger partial charge is 0.480 e. The van der Waals surface area contributed by atoms with Gasteiger partial charge < -0.3 is 14.7 Å². The maximum atomic E-state index is 12.7. The van der Waals surface area contributed by atoms with Gasteiger partial charge in [-0.05, 0) is 23.8 Å². The van der Waals surface area contributed by atoms with Crippen molar-refractivity contribution < 1.29 is 32.6 Å². The van der Waals surface area contributed by atoms with Crippen molar-refractivity contribution in [2.45, 2.75) is 31.3 Å². The number of benzene rings is 1. The van der Waals surface area contributed by atoms with Gasteiger partial charge in [0, 0.05) is 13.0 Å². The predicted molar refractivity (Wildman–Crippen MR) is 78.0 cm³/mol. The van der Waals surface area contributed by atoms with E-state index >= 15 is 0 Å². The topological polar surface area (TPSA) is 66.8 Å². The maximum Gasteiger partial charge on any atom is 0.416 e. The van der Waals surface area contributed by atoms with Crippen molar-refractivity contribution in [2.75, 3.05) is 6.54 Å². The third-order valence-electron chi connectivity index (χ3n) is 3.75. The zero-order chi connectivity index (χ0) is 17.9. The van der Waals surface area contributed by atoms with Crippen LogP contribution in [0.1, 0.15) is 17.5 Å². The summed E-state index contributed by atoms with van der Waals surface area (Å²) in [5.74, 6) is -1.68. The molecule has 0 bridgehead atoms. The van der Waals surface area contributed by atoms with E-state index in [9.17, 15) is 22.8 Å². The number of hydrogen-bond acceptors (Lipinski definition) is 3. The molecule has 8 heteroatoms. The average Bonchev–Trinajstić information content (AvgIpc) is 2.96. The van der Waals surface area contributed by atoms with Crippen molar-refractivity contribution in [3.8, 4) is 0 Å². The lowest BCUT2D eigenvalue weighted by Gasteiger charge is -2.19. The molecule has 1 fully saturated rings. The molecule has 0 radical (unpaired) electrons. The lowest BCUT2D eigenvalue weighted by molar-refractivity contribution is -0.146. The fourth-order valence-electron chi connectivity index (χ4n) is 2.56. The maximum absolute atomic E-state index is 12.7.